The Balaban J connectivity index is 2.32. The first-order valence-electron chi connectivity index (χ1n) is 5.17. The second-order valence-corrected chi connectivity index (χ2v) is 4.78. The van der Waals surface area contributed by atoms with Gasteiger partial charge >= 0.3 is 5.97 Å². The van der Waals surface area contributed by atoms with E-state index in [9.17, 15) is 4.79 Å². The van der Waals surface area contributed by atoms with E-state index in [1.54, 1.807) is 18.2 Å². The number of hydrogen-bond acceptors (Lipinski definition) is 4. The molecule has 0 saturated carbocycles. The SMILES string of the molecule is N#Cc1ccc(Oc2ccc(I)cc2C(=O)O)cn1. The molecule has 1 aromatic heterocycles. The lowest BCUT2D eigenvalue weighted by atomic mass is 10.2. The van der Waals surface area contributed by atoms with Crippen LogP contribution >= 0.6 is 22.6 Å². The summed E-state index contributed by atoms with van der Waals surface area (Å²) >= 11 is 2.03. The molecule has 0 amide bonds. The number of pyridine rings is 1. The number of aromatic carboxylic acids is 1. The van der Waals surface area contributed by atoms with Crippen molar-refractivity contribution in [1.82, 2.24) is 4.98 Å². The highest BCUT2D eigenvalue weighted by molar-refractivity contribution is 14.1. The quantitative estimate of drug-likeness (QED) is 0.845. The van der Waals surface area contributed by atoms with E-state index in [2.05, 4.69) is 4.98 Å². The second kappa shape index (κ2) is 5.67. The van der Waals surface area contributed by atoms with Crippen LogP contribution in [0, 0.1) is 14.9 Å². The molecule has 0 radical (unpaired) electrons. The first-order chi connectivity index (χ1) is 9.10. The van der Waals surface area contributed by atoms with Crippen LogP contribution in [0.4, 0.5) is 0 Å². The monoisotopic (exact) mass is 366 g/mol. The van der Waals surface area contributed by atoms with Gasteiger partial charge in [-0.3, -0.25) is 0 Å². The van der Waals surface area contributed by atoms with Crippen LogP contribution in [0.1, 0.15) is 16.1 Å². The molecule has 0 fully saturated rings. The summed E-state index contributed by atoms with van der Waals surface area (Å²) in [5, 5.41) is 17.7. The lowest BCUT2D eigenvalue weighted by molar-refractivity contribution is 0.0694. The van der Waals surface area contributed by atoms with E-state index in [1.165, 1.54) is 18.3 Å². The van der Waals surface area contributed by atoms with E-state index in [0.717, 1.165) is 3.57 Å². The molecule has 1 aromatic carbocycles. The summed E-state index contributed by atoms with van der Waals surface area (Å²) in [5.74, 6) is -0.447. The van der Waals surface area contributed by atoms with Gasteiger partial charge in [0.25, 0.3) is 0 Å². The summed E-state index contributed by atoms with van der Waals surface area (Å²) in [5.41, 5.74) is 0.352. The maximum absolute atomic E-state index is 11.1. The average Bonchev–Trinajstić information content (AvgIpc) is 2.41. The molecular formula is C13H7IN2O3. The Morgan fingerprint density at radius 2 is 2.16 bits per heavy atom. The van der Waals surface area contributed by atoms with Crippen molar-refractivity contribution in [2.45, 2.75) is 0 Å². The fourth-order valence-electron chi connectivity index (χ4n) is 1.39. The number of nitrogens with zero attached hydrogens (tertiary/aromatic N) is 2. The van der Waals surface area contributed by atoms with Gasteiger partial charge in [-0.05, 0) is 52.9 Å². The molecule has 0 saturated heterocycles. The Kier molecular flexibility index (Phi) is 3.97. The number of ether oxygens (including phenoxy) is 1. The third-order valence-corrected chi connectivity index (χ3v) is 2.92. The van der Waals surface area contributed by atoms with Gasteiger partial charge in [0.1, 0.15) is 28.8 Å². The number of carboxylic acids is 1. The van der Waals surface area contributed by atoms with E-state index in [1.807, 2.05) is 28.7 Å². The third kappa shape index (κ3) is 3.20. The minimum Gasteiger partial charge on any atom is -0.478 e. The lowest BCUT2D eigenvalue weighted by Crippen LogP contribution is -2.00. The molecule has 1 heterocycles. The summed E-state index contributed by atoms with van der Waals surface area (Å²) in [6, 6.07) is 9.82. The van der Waals surface area contributed by atoms with E-state index >= 15 is 0 Å². The Bertz CT molecular complexity index is 663. The molecule has 0 unspecified atom stereocenters. The number of aromatic nitrogens is 1. The first-order valence-corrected chi connectivity index (χ1v) is 6.25. The zero-order valence-corrected chi connectivity index (χ0v) is 11.7. The van der Waals surface area contributed by atoms with Crippen molar-refractivity contribution in [3.63, 3.8) is 0 Å². The molecule has 0 spiro atoms. The molecule has 0 aliphatic rings. The highest BCUT2D eigenvalue weighted by Crippen LogP contribution is 2.26. The normalized spacial score (nSPS) is 9.68. The summed E-state index contributed by atoms with van der Waals surface area (Å²) < 4.78 is 6.28. The number of benzene rings is 1. The fraction of sp³-hybridized carbons (Fsp3) is 0. The van der Waals surface area contributed by atoms with Crippen LogP contribution in [0.3, 0.4) is 0 Å². The molecule has 6 heteroatoms. The molecule has 0 aliphatic heterocycles. The number of hydrogen-bond donors (Lipinski definition) is 1. The Labute approximate surface area is 122 Å². The number of carboxylic acid groups (broad SMARTS) is 1. The smallest absolute Gasteiger partial charge is 0.339 e. The van der Waals surface area contributed by atoms with Crippen LogP contribution in [0.25, 0.3) is 0 Å². The number of carbonyl (C=O) groups is 1. The molecule has 5 nitrogen and oxygen atoms in total. The summed E-state index contributed by atoms with van der Waals surface area (Å²) in [4.78, 5) is 15.0. The Hall–Kier alpha value is -2.14. The maximum Gasteiger partial charge on any atom is 0.339 e. The van der Waals surface area contributed by atoms with Crippen LogP contribution in [-0.2, 0) is 0 Å². The predicted octanol–water partition coefficient (Wildman–Crippen LogP) is 3.05. The lowest BCUT2D eigenvalue weighted by Gasteiger charge is -2.08. The van der Waals surface area contributed by atoms with Gasteiger partial charge in [0.15, 0.2) is 0 Å². The van der Waals surface area contributed by atoms with Crippen LogP contribution in [-0.4, -0.2) is 16.1 Å². The molecule has 0 bridgehead atoms. The molecule has 94 valence electrons. The summed E-state index contributed by atoms with van der Waals surface area (Å²) in [6.45, 7) is 0. The first kappa shape index (κ1) is 13.3. The molecule has 1 N–H and O–H groups in total. The molecule has 0 atom stereocenters. The molecule has 0 aliphatic carbocycles. The third-order valence-electron chi connectivity index (χ3n) is 2.25. The van der Waals surface area contributed by atoms with Gasteiger partial charge in [-0.2, -0.15) is 5.26 Å². The van der Waals surface area contributed by atoms with Gasteiger partial charge in [-0.1, -0.05) is 0 Å². The van der Waals surface area contributed by atoms with Crippen molar-refractivity contribution in [1.29, 1.82) is 5.26 Å². The van der Waals surface area contributed by atoms with E-state index < -0.39 is 5.97 Å². The van der Waals surface area contributed by atoms with Gasteiger partial charge in [0.2, 0.25) is 0 Å². The zero-order chi connectivity index (χ0) is 13.8. The summed E-state index contributed by atoms with van der Waals surface area (Å²) in [6.07, 6.45) is 1.38. The van der Waals surface area contributed by atoms with E-state index in [0.29, 0.717) is 5.75 Å². The van der Waals surface area contributed by atoms with Gasteiger partial charge in [-0.25, -0.2) is 9.78 Å². The van der Waals surface area contributed by atoms with Crippen LogP contribution in [0.2, 0.25) is 0 Å². The van der Waals surface area contributed by atoms with Crippen molar-refractivity contribution in [2.75, 3.05) is 0 Å². The van der Waals surface area contributed by atoms with Crippen LogP contribution in [0.15, 0.2) is 36.5 Å². The van der Waals surface area contributed by atoms with Crippen molar-refractivity contribution in [3.8, 4) is 17.6 Å². The van der Waals surface area contributed by atoms with Crippen LogP contribution in [0.5, 0.6) is 11.5 Å². The molecule has 19 heavy (non-hydrogen) atoms. The van der Waals surface area contributed by atoms with E-state index in [-0.39, 0.29) is 17.0 Å². The van der Waals surface area contributed by atoms with Gasteiger partial charge in [0, 0.05) is 3.57 Å². The Morgan fingerprint density at radius 3 is 2.74 bits per heavy atom. The maximum atomic E-state index is 11.1. The van der Waals surface area contributed by atoms with Gasteiger partial charge in [-0.15, -0.1) is 0 Å². The zero-order valence-electron chi connectivity index (χ0n) is 9.50. The van der Waals surface area contributed by atoms with Crippen molar-refractivity contribution < 1.29 is 14.6 Å². The number of halogens is 1. The van der Waals surface area contributed by atoms with Gasteiger partial charge in [0.05, 0.1) is 6.20 Å². The minimum absolute atomic E-state index is 0.0799. The van der Waals surface area contributed by atoms with Crippen LogP contribution < -0.4 is 4.74 Å². The van der Waals surface area contributed by atoms with Crippen molar-refractivity contribution >= 4 is 28.6 Å². The standard InChI is InChI=1S/C13H7IN2O3/c14-8-1-4-12(11(5-8)13(17)18)19-10-3-2-9(6-15)16-7-10/h1-5,7H,(H,17,18). The van der Waals surface area contributed by atoms with Crippen molar-refractivity contribution in [3.05, 3.63) is 51.4 Å². The molecule has 2 aromatic rings. The number of nitriles is 1. The summed E-state index contributed by atoms with van der Waals surface area (Å²) in [7, 11) is 0. The second-order valence-electron chi connectivity index (χ2n) is 3.54. The number of rotatable bonds is 3. The van der Waals surface area contributed by atoms with Crippen molar-refractivity contribution in [2.24, 2.45) is 0 Å². The highest BCUT2D eigenvalue weighted by atomic mass is 127. The van der Waals surface area contributed by atoms with Gasteiger partial charge < -0.3 is 9.84 Å². The highest BCUT2D eigenvalue weighted by Gasteiger charge is 2.12. The Morgan fingerprint density at radius 1 is 1.37 bits per heavy atom. The van der Waals surface area contributed by atoms with E-state index in [4.69, 9.17) is 15.1 Å². The minimum atomic E-state index is -1.06. The molecule has 2 rings (SSSR count). The topological polar surface area (TPSA) is 83.2 Å². The fourth-order valence-corrected chi connectivity index (χ4v) is 1.88. The predicted molar refractivity (Wildman–Crippen MR) is 75.1 cm³/mol. The largest absolute Gasteiger partial charge is 0.478 e. The average molecular weight is 366 g/mol. The molecular weight excluding hydrogens is 359 g/mol.